The van der Waals surface area contributed by atoms with Gasteiger partial charge >= 0.3 is 0 Å². The Morgan fingerprint density at radius 2 is 1.74 bits per heavy atom. The Kier molecular flexibility index (Phi) is 7.23. The van der Waals surface area contributed by atoms with Crippen LogP contribution in [0, 0.1) is 6.92 Å². The second kappa shape index (κ2) is 9.44. The summed E-state index contributed by atoms with van der Waals surface area (Å²) in [7, 11) is -1.02. The molecular weight excluding hydrogens is 348 g/mol. The minimum absolute atomic E-state index is 1.02. The summed E-state index contributed by atoms with van der Waals surface area (Å²) in [4.78, 5) is 5.17. The van der Waals surface area contributed by atoms with E-state index < -0.39 is 8.07 Å². The molecule has 4 nitrogen and oxygen atoms in total. The standard InChI is InChI=1S/C22H40N4Si/c1-19-21(24-10-13-25-11-5-6-12-25)17-20(7-16-27(2,3)4)18-22(19)26-14-8-23-9-15-26/h17-18,23-24H,5-16H2,1-4H3. The first-order chi connectivity index (χ1) is 12.9. The number of hydrogen-bond donors (Lipinski definition) is 2. The minimum Gasteiger partial charge on any atom is -0.383 e. The molecular formula is C22H40N4Si. The van der Waals surface area contributed by atoms with Crippen molar-refractivity contribution in [2.75, 3.05) is 62.6 Å². The van der Waals surface area contributed by atoms with Crippen molar-refractivity contribution in [1.82, 2.24) is 10.2 Å². The van der Waals surface area contributed by atoms with Crippen LogP contribution in [0.25, 0.3) is 0 Å². The van der Waals surface area contributed by atoms with E-state index in [1.54, 1.807) is 0 Å². The molecule has 2 aliphatic heterocycles. The highest BCUT2D eigenvalue weighted by molar-refractivity contribution is 6.76. The Morgan fingerprint density at radius 1 is 1.04 bits per heavy atom. The van der Waals surface area contributed by atoms with Gasteiger partial charge in [-0.15, -0.1) is 0 Å². The lowest BCUT2D eigenvalue weighted by atomic mass is 10.0. The van der Waals surface area contributed by atoms with Crippen LogP contribution in [-0.4, -0.2) is 65.3 Å². The van der Waals surface area contributed by atoms with Gasteiger partial charge in [0.15, 0.2) is 0 Å². The normalized spacial score (nSPS) is 18.9. The molecule has 0 bridgehead atoms. The van der Waals surface area contributed by atoms with Crippen LogP contribution in [0.4, 0.5) is 11.4 Å². The zero-order valence-electron chi connectivity index (χ0n) is 18.0. The molecule has 27 heavy (non-hydrogen) atoms. The molecule has 2 saturated heterocycles. The van der Waals surface area contributed by atoms with Crippen molar-refractivity contribution in [3.63, 3.8) is 0 Å². The highest BCUT2D eigenvalue weighted by atomic mass is 28.3. The number of hydrogen-bond acceptors (Lipinski definition) is 4. The van der Waals surface area contributed by atoms with E-state index in [0.717, 1.165) is 32.7 Å². The van der Waals surface area contributed by atoms with Gasteiger partial charge in [-0.05, 0) is 62.5 Å². The van der Waals surface area contributed by atoms with E-state index in [4.69, 9.17) is 0 Å². The number of likely N-dealkylation sites (tertiary alicyclic amines) is 1. The first-order valence-corrected chi connectivity index (χ1v) is 14.7. The number of aryl methyl sites for hydroxylation is 1. The van der Waals surface area contributed by atoms with Gasteiger partial charge in [-0.25, -0.2) is 0 Å². The Labute approximate surface area is 167 Å². The van der Waals surface area contributed by atoms with Gasteiger partial charge in [0, 0.05) is 58.7 Å². The summed E-state index contributed by atoms with van der Waals surface area (Å²) in [6.45, 7) is 18.9. The average molecular weight is 389 g/mol. The van der Waals surface area contributed by atoms with Crippen molar-refractivity contribution in [1.29, 1.82) is 0 Å². The molecule has 2 N–H and O–H groups in total. The van der Waals surface area contributed by atoms with E-state index in [2.05, 4.69) is 59.1 Å². The van der Waals surface area contributed by atoms with Crippen LogP contribution < -0.4 is 15.5 Å². The Bertz CT molecular complexity index is 599. The zero-order valence-corrected chi connectivity index (χ0v) is 19.0. The van der Waals surface area contributed by atoms with Crippen LogP contribution in [0.2, 0.25) is 25.7 Å². The van der Waals surface area contributed by atoms with Crippen molar-refractivity contribution in [2.45, 2.75) is 51.9 Å². The number of benzene rings is 1. The van der Waals surface area contributed by atoms with Crippen molar-refractivity contribution in [3.8, 4) is 0 Å². The lowest BCUT2D eigenvalue weighted by molar-refractivity contribution is 0.352. The maximum atomic E-state index is 3.78. The second-order valence-corrected chi connectivity index (χ2v) is 15.2. The third-order valence-corrected chi connectivity index (χ3v) is 7.75. The van der Waals surface area contributed by atoms with Crippen LogP contribution in [0.15, 0.2) is 12.1 Å². The van der Waals surface area contributed by atoms with Gasteiger partial charge in [-0.2, -0.15) is 0 Å². The quantitative estimate of drug-likeness (QED) is 0.663. The lowest BCUT2D eigenvalue weighted by Crippen LogP contribution is -2.43. The second-order valence-electron chi connectivity index (χ2n) is 9.56. The fourth-order valence-corrected chi connectivity index (χ4v) is 5.23. The van der Waals surface area contributed by atoms with Gasteiger partial charge in [-0.3, -0.25) is 0 Å². The van der Waals surface area contributed by atoms with E-state index in [0.29, 0.717) is 0 Å². The van der Waals surface area contributed by atoms with Gasteiger partial charge in [0.2, 0.25) is 0 Å². The predicted molar refractivity (Wildman–Crippen MR) is 122 cm³/mol. The van der Waals surface area contributed by atoms with Gasteiger partial charge in [-0.1, -0.05) is 25.7 Å². The van der Waals surface area contributed by atoms with E-state index >= 15 is 0 Å². The van der Waals surface area contributed by atoms with Crippen molar-refractivity contribution in [2.24, 2.45) is 0 Å². The molecule has 1 aromatic carbocycles. The molecule has 0 spiro atoms. The molecule has 0 aliphatic carbocycles. The molecule has 0 atom stereocenters. The van der Waals surface area contributed by atoms with Crippen molar-refractivity contribution >= 4 is 19.4 Å². The number of nitrogens with zero attached hydrogens (tertiary/aromatic N) is 2. The Balaban J connectivity index is 1.73. The third kappa shape index (κ3) is 6.23. The first-order valence-electron chi connectivity index (χ1n) is 11.0. The maximum absolute atomic E-state index is 3.78. The van der Waals surface area contributed by atoms with Gasteiger partial charge < -0.3 is 20.4 Å². The maximum Gasteiger partial charge on any atom is 0.0445 e. The summed E-state index contributed by atoms with van der Waals surface area (Å²) in [5, 5.41) is 7.27. The van der Waals surface area contributed by atoms with Crippen LogP contribution >= 0.6 is 0 Å². The fraction of sp³-hybridized carbons (Fsp3) is 0.727. The minimum atomic E-state index is -1.02. The smallest absolute Gasteiger partial charge is 0.0445 e. The molecule has 2 fully saturated rings. The summed E-state index contributed by atoms with van der Waals surface area (Å²) in [6.07, 6.45) is 3.96. The summed E-state index contributed by atoms with van der Waals surface area (Å²) >= 11 is 0. The van der Waals surface area contributed by atoms with Crippen LogP contribution in [0.1, 0.15) is 24.0 Å². The van der Waals surface area contributed by atoms with Crippen molar-refractivity contribution in [3.05, 3.63) is 23.3 Å². The largest absolute Gasteiger partial charge is 0.383 e. The topological polar surface area (TPSA) is 30.5 Å². The molecule has 0 unspecified atom stereocenters. The highest BCUT2D eigenvalue weighted by Gasteiger charge is 2.18. The first kappa shape index (κ1) is 20.7. The zero-order chi connectivity index (χ0) is 19.3. The summed E-state index contributed by atoms with van der Waals surface area (Å²) < 4.78 is 0. The molecule has 3 rings (SSSR count). The van der Waals surface area contributed by atoms with E-state index in [9.17, 15) is 0 Å². The molecule has 0 aromatic heterocycles. The SMILES string of the molecule is Cc1c(NCCN2CCCC2)cc(CC[Si](C)(C)C)cc1N1CCNCC1. The van der Waals surface area contributed by atoms with Gasteiger partial charge in [0.25, 0.3) is 0 Å². The summed E-state index contributed by atoms with van der Waals surface area (Å²) in [5.41, 5.74) is 5.75. The molecule has 0 radical (unpaired) electrons. The van der Waals surface area contributed by atoms with Crippen LogP contribution in [0.5, 0.6) is 0 Å². The Hall–Kier alpha value is -1.04. The Morgan fingerprint density at radius 3 is 2.41 bits per heavy atom. The predicted octanol–water partition coefficient (Wildman–Crippen LogP) is 3.79. The third-order valence-electron chi connectivity index (χ3n) is 6.00. The summed E-state index contributed by atoms with van der Waals surface area (Å²) in [5.74, 6) is 0. The van der Waals surface area contributed by atoms with Gasteiger partial charge in [0.1, 0.15) is 0 Å². The molecule has 152 valence electrons. The fourth-order valence-electron chi connectivity index (χ4n) is 4.19. The van der Waals surface area contributed by atoms with E-state index in [1.165, 1.54) is 67.4 Å². The molecule has 2 aliphatic rings. The van der Waals surface area contributed by atoms with Crippen molar-refractivity contribution < 1.29 is 0 Å². The summed E-state index contributed by atoms with van der Waals surface area (Å²) in [6, 6.07) is 6.28. The number of rotatable bonds is 8. The lowest BCUT2D eigenvalue weighted by Gasteiger charge is -2.32. The van der Waals surface area contributed by atoms with Crippen LogP contribution in [-0.2, 0) is 6.42 Å². The average Bonchev–Trinajstić information content (AvgIpc) is 3.15. The number of anilines is 2. The van der Waals surface area contributed by atoms with E-state index in [-0.39, 0.29) is 0 Å². The van der Waals surface area contributed by atoms with Crippen LogP contribution in [0.3, 0.4) is 0 Å². The van der Waals surface area contributed by atoms with E-state index in [1.807, 2.05) is 0 Å². The van der Waals surface area contributed by atoms with Gasteiger partial charge in [0.05, 0.1) is 0 Å². The monoisotopic (exact) mass is 388 g/mol. The molecule has 5 heteroatoms. The molecule has 0 amide bonds. The molecule has 1 aromatic rings. The molecule has 2 heterocycles. The number of nitrogens with one attached hydrogen (secondary N) is 2. The number of piperazine rings is 1. The highest BCUT2D eigenvalue weighted by Crippen LogP contribution is 2.31. The molecule has 0 saturated carbocycles.